The highest BCUT2D eigenvalue weighted by molar-refractivity contribution is 7.13. The number of hydrogen-bond acceptors (Lipinski definition) is 4. The number of primary amides is 1. The van der Waals surface area contributed by atoms with Crippen molar-refractivity contribution in [2.45, 2.75) is 25.7 Å². The van der Waals surface area contributed by atoms with E-state index in [0.29, 0.717) is 25.9 Å². The second-order valence-electron chi connectivity index (χ2n) is 8.45. The van der Waals surface area contributed by atoms with Gasteiger partial charge in [0.1, 0.15) is 5.75 Å². The van der Waals surface area contributed by atoms with Crippen molar-refractivity contribution in [1.82, 2.24) is 4.90 Å². The first-order valence-electron chi connectivity index (χ1n) is 10.8. The number of ether oxygens (including phenoxy) is 1. The van der Waals surface area contributed by atoms with E-state index in [-0.39, 0.29) is 18.2 Å². The van der Waals surface area contributed by atoms with Gasteiger partial charge in [-0.1, -0.05) is 42.5 Å². The molecule has 1 aliphatic heterocycles. The first-order valence-corrected chi connectivity index (χ1v) is 11.7. The number of nitrogens with zero attached hydrogens (tertiary/aromatic N) is 1. The zero-order chi connectivity index (χ0) is 22.6. The van der Waals surface area contributed by atoms with Gasteiger partial charge in [0, 0.05) is 18.0 Å². The summed E-state index contributed by atoms with van der Waals surface area (Å²) in [5.41, 5.74) is 8.29. The van der Waals surface area contributed by atoms with E-state index in [1.165, 1.54) is 4.88 Å². The van der Waals surface area contributed by atoms with E-state index >= 15 is 0 Å². The van der Waals surface area contributed by atoms with Crippen LogP contribution in [0.1, 0.15) is 24.0 Å². The molecule has 0 unspecified atom stereocenters. The fraction of sp³-hybridized carbons (Fsp3) is 0.308. The summed E-state index contributed by atoms with van der Waals surface area (Å²) < 4.78 is 5.26. The van der Waals surface area contributed by atoms with Crippen LogP contribution >= 0.6 is 11.3 Å². The van der Waals surface area contributed by atoms with Crippen molar-refractivity contribution in [1.29, 1.82) is 0 Å². The van der Waals surface area contributed by atoms with Gasteiger partial charge in [0.05, 0.1) is 18.9 Å². The van der Waals surface area contributed by atoms with Gasteiger partial charge in [-0.05, 0) is 59.5 Å². The molecular weight excluding hydrogens is 420 g/mol. The van der Waals surface area contributed by atoms with Gasteiger partial charge in [-0.25, -0.2) is 0 Å². The Kier molecular flexibility index (Phi) is 6.61. The number of hydrogen-bond donors (Lipinski definition) is 1. The summed E-state index contributed by atoms with van der Waals surface area (Å²) in [5.74, 6) is 0.403. The normalized spacial score (nSPS) is 18.3. The summed E-state index contributed by atoms with van der Waals surface area (Å²) in [6.45, 7) is 1.00. The lowest BCUT2D eigenvalue weighted by Crippen LogP contribution is -2.53. The molecule has 4 rings (SSSR count). The molecule has 1 aliphatic rings. The Bertz CT molecular complexity index is 1100. The maximum atomic E-state index is 13.1. The molecule has 2 N–H and O–H groups in total. The Labute approximate surface area is 192 Å². The standard InChI is InChI=1S/C26H28N2O3S/c1-31-22-9-3-6-19(15-22)16-24(29)28-12-5-11-26(18-28,25(27)30)17-20-7-2-8-21(14-20)23-10-4-13-32-23/h2-4,6-10,13-15H,5,11-12,16-18H2,1H3,(H2,27,30)/t26-/m0/s1. The Balaban J connectivity index is 1.52. The van der Waals surface area contributed by atoms with Crippen LogP contribution in [0, 0.1) is 5.41 Å². The zero-order valence-corrected chi connectivity index (χ0v) is 19.1. The second kappa shape index (κ2) is 9.57. The molecule has 2 heterocycles. The van der Waals surface area contributed by atoms with E-state index in [9.17, 15) is 9.59 Å². The highest BCUT2D eigenvalue weighted by Gasteiger charge is 2.42. The third-order valence-corrected chi connectivity index (χ3v) is 7.14. The third-order valence-electron chi connectivity index (χ3n) is 6.22. The lowest BCUT2D eigenvalue weighted by Gasteiger charge is -2.41. The first kappa shape index (κ1) is 22.1. The maximum Gasteiger partial charge on any atom is 0.227 e. The maximum absolute atomic E-state index is 13.1. The van der Waals surface area contributed by atoms with Crippen LogP contribution in [0.3, 0.4) is 0 Å². The van der Waals surface area contributed by atoms with Crippen LogP contribution in [0.4, 0.5) is 0 Å². The van der Waals surface area contributed by atoms with Crippen molar-refractivity contribution in [3.8, 4) is 16.2 Å². The first-order chi connectivity index (χ1) is 15.5. The molecule has 0 radical (unpaired) electrons. The molecule has 0 saturated carbocycles. The van der Waals surface area contributed by atoms with Crippen LogP contribution < -0.4 is 10.5 Å². The lowest BCUT2D eigenvalue weighted by atomic mass is 9.74. The van der Waals surface area contributed by atoms with Gasteiger partial charge >= 0.3 is 0 Å². The summed E-state index contributed by atoms with van der Waals surface area (Å²) >= 11 is 1.69. The molecule has 2 amide bonds. The van der Waals surface area contributed by atoms with Gasteiger partial charge in [-0.3, -0.25) is 9.59 Å². The van der Waals surface area contributed by atoms with Gasteiger partial charge in [0.2, 0.25) is 11.8 Å². The third kappa shape index (κ3) is 4.86. The van der Waals surface area contributed by atoms with Crippen molar-refractivity contribution < 1.29 is 14.3 Å². The van der Waals surface area contributed by atoms with Crippen LogP contribution in [-0.2, 0) is 22.4 Å². The van der Waals surface area contributed by atoms with Crippen LogP contribution in [0.15, 0.2) is 66.0 Å². The van der Waals surface area contributed by atoms with Crippen molar-refractivity contribution in [3.63, 3.8) is 0 Å². The number of nitrogens with two attached hydrogens (primary N) is 1. The average Bonchev–Trinajstić information content (AvgIpc) is 3.34. The molecule has 0 bridgehead atoms. The fourth-order valence-corrected chi connectivity index (χ4v) is 5.24. The molecular formula is C26H28N2O3S. The average molecular weight is 449 g/mol. The molecule has 3 aromatic rings. The minimum atomic E-state index is -0.754. The number of thiophene rings is 1. The molecule has 166 valence electrons. The summed E-state index contributed by atoms with van der Waals surface area (Å²) in [5, 5.41) is 2.06. The molecule has 1 fully saturated rings. The number of benzene rings is 2. The number of carbonyl (C=O) groups is 2. The van der Waals surface area contributed by atoms with E-state index in [2.05, 4.69) is 23.6 Å². The molecule has 1 saturated heterocycles. The van der Waals surface area contributed by atoms with E-state index in [1.807, 2.05) is 42.5 Å². The Morgan fingerprint density at radius 1 is 1.09 bits per heavy atom. The van der Waals surface area contributed by atoms with Crippen molar-refractivity contribution in [2.24, 2.45) is 11.1 Å². The SMILES string of the molecule is COc1cccc(CC(=O)N2CCC[C@@](Cc3cccc(-c4cccs4)c3)(C(N)=O)C2)c1. The Hall–Kier alpha value is -3.12. The number of carbonyl (C=O) groups excluding carboxylic acids is 2. The minimum Gasteiger partial charge on any atom is -0.497 e. The number of piperidine rings is 1. The van der Waals surface area contributed by atoms with Crippen molar-refractivity contribution in [3.05, 3.63) is 77.2 Å². The molecule has 0 spiro atoms. The molecule has 32 heavy (non-hydrogen) atoms. The highest BCUT2D eigenvalue weighted by atomic mass is 32.1. The summed E-state index contributed by atoms with van der Waals surface area (Å²) in [4.78, 5) is 28.7. The molecule has 1 atom stereocenters. The summed E-state index contributed by atoms with van der Waals surface area (Å²) in [6, 6.07) is 19.9. The van der Waals surface area contributed by atoms with Gasteiger partial charge in [-0.15, -0.1) is 11.3 Å². The van der Waals surface area contributed by atoms with Crippen molar-refractivity contribution >= 4 is 23.2 Å². The zero-order valence-electron chi connectivity index (χ0n) is 18.3. The molecule has 5 nitrogen and oxygen atoms in total. The molecule has 0 aliphatic carbocycles. The largest absolute Gasteiger partial charge is 0.497 e. The molecule has 6 heteroatoms. The van der Waals surface area contributed by atoms with E-state index < -0.39 is 5.41 Å². The molecule has 2 aromatic carbocycles. The van der Waals surface area contributed by atoms with Gasteiger partial charge in [-0.2, -0.15) is 0 Å². The quantitative estimate of drug-likeness (QED) is 0.586. The molecule has 1 aromatic heterocycles. The van der Waals surface area contributed by atoms with Crippen LogP contribution in [0.5, 0.6) is 5.75 Å². The van der Waals surface area contributed by atoms with Crippen LogP contribution in [-0.4, -0.2) is 36.9 Å². The number of amides is 2. The van der Waals surface area contributed by atoms with Gasteiger partial charge in [0.25, 0.3) is 0 Å². The summed E-state index contributed by atoms with van der Waals surface area (Å²) in [7, 11) is 1.61. The number of methoxy groups -OCH3 is 1. The monoisotopic (exact) mass is 448 g/mol. The predicted molar refractivity (Wildman–Crippen MR) is 128 cm³/mol. The predicted octanol–water partition coefficient (Wildman–Crippen LogP) is 4.30. The highest BCUT2D eigenvalue weighted by Crippen LogP contribution is 2.35. The Morgan fingerprint density at radius 2 is 1.91 bits per heavy atom. The van der Waals surface area contributed by atoms with Crippen molar-refractivity contribution in [2.75, 3.05) is 20.2 Å². The topological polar surface area (TPSA) is 72.6 Å². The number of rotatable bonds is 7. The van der Waals surface area contributed by atoms with E-state index in [1.54, 1.807) is 23.3 Å². The van der Waals surface area contributed by atoms with E-state index in [4.69, 9.17) is 10.5 Å². The fourth-order valence-electron chi connectivity index (χ4n) is 4.51. The van der Waals surface area contributed by atoms with Gasteiger partial charge < -0.3 is 15.4 Å². The second-order valence-corrected chi connectivity index (χ2v) is 9.39. The Morgan fingerprint density at radius 3 is 2.66 bits per heavy atom. The van der Waals surface area contributed by atoms with E-state index in [0.717, 1.165) is 28.9 Å². The van der Waals surface area contributed by atoms with Crippen LogP contribution in [0.2, 0.25) is 0 Å². The summed E-state index contributed by atoms with van der Waals surface area (Å²) in [6.07, 6.45) is 2.26. The number of likely N-dealkylation sites (tertiary alicyclic amines) is 1. The minimum absolute atomic E-state index is 0.0101. The van der Waals surface area contributed by atoms with Crippen LogP contribution in [0.25, 0.3) is 10.4 Å². The smallest absolute Gasteiger partial charge is 0.227 e. The van der Waals surface area contributed by atoms with Gasteiger partial charge in [0.15, 0.2) is 0 Å². The lowest BCUT2D eigenvalue weighted by molar-refractivity contribution is -0.139.